The standard InChI is InChI=1S/C7H8N4O2S/c8-2-4-11(3-1-6(12)13)7-10-9-5-14-7/h5H,1,3-4H2,(H,12,13). The van der Waals surface area contributed by atoms with Gasteiger partial charge in [-0.3, -0.25) is 4.79 Å². The first-order valence-corrected chi connectivity index (χ1v) is 4.72. The van der Waals surface area contributed by atoms with Crippen molar-refractivity contribution < 1.29 is 9.90 Å². The van der Waals surface area contributed by atoms with Crippen LogP contribution in [0.4, 0.5) is 5.13 Å². The van der Waals surface area contributed by atoms with Crippen LogP contribution < -0.4 is 4.90 Å². The second kappa shape index (κ2) is 5.14. The van der Waals surface area contributed by atoms with E-state index in [-0.39, 0.29) is 19.5 Å². The molecule has 0 atom stereocenters. The van der Waals surface area contributed by atoms with Gasteiger partial charge in [-0.05, 0) is 0 Å². The van der Waals surface area contributed by atoms with Crippen molar-refractivity contribution in [3.63, 3.8) is 0 Å². The van der Waals surface area contributed by atoms with Crippen LogP contribution in [0.15, 0.2) is 5.51 Å². The molecule has 1 rings (SSSR count). The lowest BCUT2D eigenvalue weighted by Gasteiger charge is -2.15. The Balaban J connectivity index is 2.57. The molecule has 14 heavy (non-hydrogen) atoms. The molecule has 1 N–H and O–H groups in total. The third-order valence-corrected chi connectivity index (χ3v) is 2.23. The van der Waals surface area contributed by atoms with Gasteiger partial charge in [-0.1, -0.05) is 11.3 Å². The molecule has 0 aliphatic carbocycles. The van der Waals surface area contributed by atoms with Crippen LogP contribution in [0.1, 0.15) is 6.42 Å². The summed E-state index contributed by atoms with van der Waals surface area (Å²) in [5.74, 6) is -0.891. The Morgan fingerprint density at radius 2 is 2.57 bits per heavy atom. The van der Waals surface area contributed by atoms with Crippen molar-refractivity contribution in [1.82, 2.24) is 10.2 Å². The Labute approximate surface area is 84.4 Å². The minimum Gasteiger partial charge on any atom is -0.481 e. The fourth-order valence-electron chi connectivity index (χ4n) is 0.863. The summed E-state index contributed by atoms with van der Waals surface area (Å²) in [6, 6.07) is 1.95. The molecule has 74 valence electrons. The van der Waals surface area contributed by atoms with Crippen molar-refractivity contribution in [2.75, 3.05) is 18.0 Å². The second-order valence-electron chi connectivity index (χ2n) is 2.44. The van der Waals surface area contributed by atoms with E-state index in [1.165, 1.54) is 11.3 Å². The lowest BCUT2D eigenvalue weighted by Crippen LogP contribution is -2.26. The summed E-state index contributed by atoms with van der Waals surface area (Å²) in [6.07, 6.45) is -0.0126. The van der Waals surface area contributed by atoms with Crippen molar-refractivity contribution in [1.29, 1.82) is 5.26 Å². The summed E-state index contributed by atoms with van der Waals surface area (Å²) >= 11 is 1.28. The molecule has 0 aliphatic rings. The van der Waals surface area contributed by atoms with Gasteiger partial charge in [0.15, 0.2) is 0 Å². The first-order chi connectivity index (χ1) is 6.74. The molecule has 0 radical (unpaired) electrons. The molecule has 0 amide bonds. The lowest BCUT2D eigenvalue weighted by molar-refractivity contribution is -0.136. The Hall–Kier alpha value is -1.68. The number of nitrogens with zero attached hydrogens (tertiary/aromatic N) is 4. The molecule has 1 aromatic heterocycles. The zero-order valence-electron chi connectivity index (χ0n) is 7.25. The molecule has 0 unspecified atom stereocenters. The van der Waals surface area contributed by atoms with Gasteiger partial charge in [0.05, 0.1) is 12.5 Å². The largest absolute Gasteiger partial charge is 0.481 e. The van der Waals surface area contributed by atoms with Crippen LogP contribution in [0.25, 0.3) is 0 Å². The van der Waals surface area contributed by atoms with E-state index >= 15 is 0 Å². The Bertz CT molecular complexity index is 332. The average molecular weight is 212 g/mol. The fourth-order valence-corrected chi connectivity index (χ4v) is 1.45. The van der Waals surface area contributed by atoms with Gasteiger partial charge in [0.1, 0.15) is 12.1 Å². The SMILES string of the molecule is N#CCN(CCC(=O)O)c1nncs1. The molecule has 6 nitrogen and oxygen atoms in total. The average Bonchev–Trinajstić information content (AvgIpc) is 2.64. The fraction of sp³-hybridized carbons (Fsp3) is 0.429. The van der Waals surface area contributed by atoms with Crippen LogP contribution >= 0.6 is 11.3 Å². The Kier molecular flexibility index (Phi) is 3.82. The summed E-state index contributed by atoms with van der Waals surface area (Å²) in [6.45, 7) is 0.403. The lowest BCUT2D eigenvalue weighted by atomic mass is 10.4. The summed E-state index contributed by atoms with van der Waals surface area (Å²) in [5, 5.41) is 25.0. The Morgan fingerprint density at radius 1 is 1.79 bits per heavy atom. The van der Waals surface area contributed by atoms with E-state index < -0.39 is 5.97 Å². The molecule has 0 fully saturated rings. The highest BCUT2D eigenvalue weighted by atomic mass is 32.1. The van der Waals surface area contributed by atoms with Gasteiger partial charge >= 0.3 is 5.97 Å². The molecule has 0 aliphatic heterocycles. The number of aliphatic carboxylic acids is 1. The number of hydrogen-bond donors (Lipinski definition) is 1. The summed E-state index contributed by atoms with van der Waals surface area (Å²) in [5.41, 5.74) is 1.54. The second-order valence-corrected chi connectivity index (χ2v) is 3.26. The third-order valence-electron chi connectivity index (χ3n) is 1.48. The summed E-state index contributed by atoms with van der Waals surface area (Å²) < 4.78 is 0. The van der Waals surface area contributed by atoms with Crippen molar-refractivity contribution >= 4 is 22.4 Å². The first kappa shape index (κ1) is 10.4. The zero-order valence-corrected chi connectivity index (χ0v) is 8.07. The molecule has 7 heteroatoms. The maximum Gasteiger partial charge on any atom is 0.305 e. The molecule has 1 heterocycles. The van der Waals surface area contributed by atoms with Gasteiger partial charge < -0.3 is 10.0 Å². The van der Waals surface area contributed by atoms with Crippen LogP contribution in [0, 0.1) is 11.3 Å². The summed E-state index contributed by atoms with van der Waals surface area (Å²) in [4.78, 5) is 11.9. The predicted octanol–water partition coefficient (Wildman–Crippen LogP) is 0.343. The molecule has 0 aromatic carbocycles. The molecule has 0 spiro atoms. The van der Waals surface area contributed by atoms with Crippen LogP contribution in [0.2, 0.25) is 0 Å². The van der Waals surface area contributed by atoms with Crippen LogP contribution in [0.5, 0.6) is 0 Å². The van der Waals surface area contributed by atoms with E-state index in [0.29, 0.717) is 5.13 Å². The van der Waals surface area contributed by atoms with E-state index in [9.17, 15) is 4.79 Å². The third kappa shape index (κ3) is 2.99. The van der Waals surface area contributed by atoms with E-state index in [0.717, 1.165) is 0 Å². The first-order valence-electron chi connectivity index (χ1n) is 3.84. The Morgan fingerprint density at radius 3 is 3.07 bits per heavy atom. The molecular weight excluding hydrogens is 204 g/mol. The van der Waals surface area contributed by atoms with Crippen molar-refractivity contribution in [2.45, 2.75) is 6.42 Å². The number of aromatic nitrogens is 2. The molecule has 0 saturated carbocycles. The van der Waals surface area contributed by atoms with Crippen molar-refractivity contribution in [3.05, 3.63) is 5.51 Å². The number of carbonyl (C=O) groups is 1. The smallest absolute Gasteiger partial charge is 0.305 e. The highest BCUT2D eigenvalue weighted by Gasteiger charge is 2.10. The quantitative estimate of drug-likeness (QED) is 0.708. The number of carboxylic acids is 1. The number of rotatable bonds is 5. The van der Waals surface area contributed by atoms with Crippen LogP contribution in [-0.2, 0) is 4.79 Å². The topological polar surface area (TPSA) is 90.1 Å². The van der Waals surface area contributed by atoms with Crippen molar-refractivity contribution in [3.8, 4) is 6.07 Å². The molecule has 0 saturated heterocycles. The van der Waals surface area contributed by atoms with Crippen LogP contribution in [-0.4, -0.2) is 34.4 Å². The number of nitriles is 1. The molecule has 1 aromatic rings. The van der Waals surface area contributed by atoms with Gasteiger partial charge in [0.2, 0.25) is 5.13 Å². The zero-order chi connectivity index (χ0) is 10.4. The van der Waals surface area contributed by atoms with E-state index in [4.69, 9.17) is 10.4 Å². The summed E-state index contributed by atoms with van der Waals surface area (Å²) in [7, 11) is 0. The highest BCUT2D eigenvalue weighted by molar-refractivity contribution is 7.13. The van der Waals surface area contributed by atoms with Crippen LogP contribution in [0.3, 0.4) is 0 Å². The predicted molar refractivity (Wildman–Crippen MR) is 50.0 cm³/mol. The van der Waals surface area contributed by atoms with E-state index in [1.54, 1.807) is 10.4 Å². The van der Waals surface area contributed by atoms with Gasteiger partial charge in [-0.2, -0.15) is 5.26 Å². The maximum atomic E-state index is 10.3. The number of anilines is 1. The number of carboxylic acid groups (broad SMARTS) is 1. The molecular formula is C7H8N4O2S. The number of hydrogen-bond acceptors (Lipinski definition) is 6. The molecule has 0 bridgehead atoms. The monoisotopic (exact) mass is 212 g/mol. The minimum atomic E-state index is -0.891. The van der Waals surface area contributed by atoms with Gasteiger partial charge in [0.25, 0.3) is 0 Å². The van der Waals surface area contributed by atoms with Gasteiger partial charge in [0, 0.05) is 6.54 Å². The van der Waals surface area contributed by atoms with Gasteiger partial charge in [-0.15, -0.1) is 10.2 Å². The van der Waals surface area contributed by atoms with Crippen molar-refractivity contribution in [2.24, 2.45) is 0 Å². The van der Waals surface area contributed by atoms with E-state index in [2.05, 4.69) is 10.2 Å². The van der Waals surface area contributed by atoms with E-state index in [1.807, 2.05) is 6.07 Å². The van der Waals surface area contributed by atoms with Gasteiger partial charge in [-0.25, -0.2) is 0 Å². The minimum absolute atomic E-state index is 0.0126. The normalized spacial score (nSPS) is 9.36. The highest BCUT2D eigenvalue weighted by Crippen LogP contribution is 2.15. The maximum absolute atomic E-state index is 10.3.